The zero-order chi connectivity index (χ0) is 19.9. The fourth-order valence-corrected chi connectivity index (χ4v) is 1.49. The molecule has 10 heteroatoms. The molecule has 0 spiro atoms. The maximum Gasteiger partial charge on any atom is 0.331 e. The minimum atomic E-state index is -0.734. The molecule has 10 nitrogen and oxygen atoms in total. The van der Waals surface area contributed by atoms with Crippen LogP contribution in [0.3, 0.4) is 0 Å². The number of hydrogen-bond donors (Lipinski definition) is 4. The molecular weight excluding hydrogens is 344 g/mol. The molecule has 0 heterocycles. The van der Waals surface area contributed by atoms with E-state index in [1.807, 2.05) is 27.7 Å². The van der Waals surface area contributed by atoms with Gasteiger partial charge in [0.2, 0.25) is 0 Å². The summed E-state index contributed by atoms with van der Waals surface area (Å²) in [6, 6.07) is -0.700. The van der Waals surface area contributed by atoms with Crippen molar-refractivity contribution in [2.24, 2.45) is 0 Å². The summed E-state index contributed by atoms with van der Waals surface area (Å²) in [5, 5.41) is 10.2. The first-order valence-corrected chi connectivity index (χ1v) is 8.31. The molecule has 0 aliphatic rings. The maximum atomic E-state index is 11.4. The molecule has 0 aliphatic carbocycles. The van der Waals surface area contributed by atoms with Crippen LogP contribution in [0.25, 0.3) is 0 Å². The van der Waals surface area contributed by atoms with Crippen LogP contribution in [-0.2, 0) is 19.1 Å². The molecule has 26 heavy (non-hydrogen) atoms. The van der Waals surface area contributed by atoms with Gasteiger partial charge in [-0.05, 0) is 27.7 Å². The molecule has 0 rings (SSSR count). The van der Waals surface area contributed by atoms with E-state index in [1.165, 1.54) is 0 Å². The van der Waals surface area contributed by atoms with Crippen molar-refractivity contribution in [1.29, 1.82) is 0 Å². The SMILES string of the molecule is CC(C)NC(=O)NCCOC(=O)/C=C/C(=O)OCCNC(=O)NC(C)C. The molecule has 0 radical (unpaired) electrons. The summed E-state index contributed by atoms with van der Waals surface area (Å²) in [7, 11) is 0. The molecule has 0 bridgehead atoms. The third-order valence-electron chi connectivity index (χ3n) is 2.46. The zero-order valence-electron chi connectivity index (χ0n) is 15.6. The molecule has 4 amide bonds. The van der Waals surface area contributed by atoms with Crippen LogP contribution in [0.4, 0.5) is 9.59 Å². The summed E-state index contributed by atoms with van der Waals surface area (Å²) in [6.07, 6.45) is 1.85. The van der Waals surface area contributed by atoms with E-state index in [9.17, 15) is 19.2 Å². The highest BCUT2D eigenvalue weighted by molar-refractivity contribution is 5.91. The Hall–Kier alpha value is -2.78. The van der Waals surface area contributed by atoms with Crippen LogP contribution in [0, 0.1) is 0 Å². The van der Waals surface area contributed by atoms with E-state index in [2.05, 4.69) is 21.3 Å². The van der Waals surface area contributed by atoms with Gasteiger partial charge in [-0.15, -0.1) is 0 Å². The minimum Gasteiger partial charge on any atom is -0.461 e. The summed E-state index contributed by atoms with van der Waals surface area (Å²) < 4.78 is 9.60. The van der Waals surface area contributed by atoms with Crippen molar-refractivity contribution in [3.63, 3.8) is 0 Å². The van der Waals surface area contributed by atoms with Crippen molar-refractivity contribution >= 4 is 24.0 Å². The molecular formula is C16H28N4O6. The molecule has 0 fully saturated rings. The smallest absolute Gasteiger partial charge is 0.331 e. The highest BCUT2D eigenvalue weighted by Gasteiger charge is 2.04. The lowest BCUT2D eigenvalue weighted by Gasteiger charge is -2.10. The van der Waals surface area contributed by atoms with Crippen LogP contribution in [0.5, 0.6) is 0 Å². The summed E-state index contributed by atoms with van der Waals surface area (Å²) in [6.45, 7) is 7.51. The van der Waals surface area contributed by atoms with E-state index in [0.717, 1.165) is 12.2 Å². The van der Waals surface area contributed by atoms with Gasteiger partial charge in [0.15, 0.2) is 0 Å². The molecule has 0 aromatic rings. The third kappa shape index (κ3) is 14.8. The Labute approximate surface area is 153 Å². The Morgan fingerprint density at radius 2 is 1.08 bits per heavy atom. The van der Waals surface area contributed by atoms with E-state index in [4.69, 9.17) is 9.47 Å². The van der Waals surface area contributed by atoms with E-state index >= 15 is 0 Å². The number of esters is 2. The number of carbonyl (C=O) groups is 4. The van der Waals surface area contributed by atoms with Gasteiger partial charge in [-0.2, -0.15) is 0 Å². The first-order valence-electron chi connectivity index (χ1n) is 8.31. The third-order valence-corrected chi connectivity index (χ3v) is 2.46. The Balaban J connectivity index is 3.77. The maximum absolute atomic E-state index is 11.4. The molecule has 0 saturated carbocycles. The van der Waals surface area contributed by atoms with Crippen molar-refractivity contribution in [1.82, 2.24) is 21.3 Å². The number of rotatable bonds is 10. The van der Waals surface area contributed by atoms with Gasteiger partial charge >= 0.3 is 24.0 Å². The van der Waals surface area contributed by atoms with Crippen LogP contribution in [0.2, 0.25) is 0 Å². The predicted octanol–water partition coefficient (Wildman–Crippen LogP) is 0.0442. The van der Waals surface area contributed by atoms with Gasteiger partial charge in [-0.3, -0.25) is 0 Å². The Morgan fingerprint density at radius 1 is 0.731 bits per heavy atom. The number of hydrogen-bond acceptors (Lipinski definition) is 6. The standard InChI is InChI=1S/C16H28N4O6/c1-11(2)19-15(23)17-7-9-25-13(21)5-6-14(22)26-10-8-18-16(24)20-12(3)4/h5-6,11-12H,7-10H2,1-4H3,(H2,17,19,23)(H2,18,20,24)/b6-5+. The van der Waals surface area contributed by atoms with Gasteiger partial charge in [0.25, 0.3) is 0 Å². The van der Waals surface area contributed by atoms with E-state index in [1.54, 1.807) is 0 Å². The number of amides is 4. The summed E-state index contributed by atoms with van der Waals surface area (Å²) in [4.78, 5) is 45.3. The van der Waals surface area contributed by atoms with Gasteiger partial charge in [0, 0.05) is 24.2 Å². The molecule has 0 aromatic heterocycles. The van der Waals surface area contributed by atoms with Gasteiger partial charge in [-0.1, -0.05) is 0 Å². The Bertz CT molecular complexity index is 461. The molecule has 4 N–H and O–H groups in total. The second kappa shape index (κ2) is 13.5. The number of ether oxygens (including phenoxy) is 2. The van der Waals surface area contributed by atoms with Crippen molar-refractivity contribution in [3.05, 3.63) is 12.2 Å². The fourth-order valence-electron chi connectivity index (χ4n) is 1.49. The lowest BCUT2D eigenvalue weighted by atomic mass is 10.4. The van der Waals surface area contributed by atoms with Gasteiger partial charge in [0.05, 0.1) is 13.1 Å². The Morgan fingerprint density at radius 3 is 1.38 bits per heavy atom. The highest BCUT2D eigenvalue weighted by atomic mass is 16.5. The molecule has 0 atom stereocenters. The van der Waals surface area contributed by atoms with Crippen molar-refractivity contribution in [3.8, 4) is 0 Å². The highest BCUT2D eigenvalue weighted by Crippen LogP contribution is 1.86. The van der Waals surface area contributed by atoms with E-state index in [-0.39, 0.29) is 50.4 Å². The van der Waals surface area contributed by atoms with Crippen LogP contribution >= 0.6 is 0 Å². The topological polar surface area (TPSA) is 135 Å². The van der Waals surface area contributed by atoms with E-state index in [0.29, 0.717) is 0 Å². The summed E-state index contributed by atoms with van der Waals surface area (Å²) in [5.74, 6) is -1.47. The molecule has 0 aliphatic heterocycles. The Kier molecular flexibility index (Phi) is 12.1. The lowest BCUT2D eigenvalue weighted by Crippen LogP contribution is -2.40. The molecule has 0 saturated heterocycles. The van der Waals surface area contributed by atoms with Crippen molar-refractivity contribution in [2.45, 2.75) is 39.8 Å². The largest absolute Gasteiger partial charge is 0.461 e. The number of nitrogens with one attached hydrogen (secondary N) is 4. The first kappa shape index (κ1) is 23.2. The van der Waals surface area contributed by atoms with Crippen LogP contribution < -0.4 is 21.3 Å². The van der Waals surface area contributed by atoms with Gasteiger partial charge in [0.1, 0.15) is 13.2 Å². The number of urea groups is 2. The molecule has 0 aromatic carbocycles. The lowest BCUT2D eigenvalue weighted by molar-refractivity contribution is -0.140. The first-order chi connectivity index (χ1) is 12.2. The van der Waals surface area contributed by atoms with Crippen molar-refractivity contribution in [2.75, 3.05) is 26.3 Å². The van der Waals surface area contributed by atoms with E-state index < -0.39 is 11.9 Å². The quantitative estimate of drug-likeness (QED) is 0.243. The summed E-state index contributed by atoms with van der Waals surface area (Å²) >= 11 is 0. The normalized spacial score (nSPS) is 10.5. The fraction of sp³-hybridized carbons (Fsp3) is 0.625. The molecule has 148 valence electrons. The second-order valence-electron chi connectivity index (χ2n) is 5.78. The molecule has 0 unspecified atom stereocenters. The van der Waals surface area contributed by atoms with Crippen molar-refractivity contribution < 1.29 is 28.7 Å². The zero-order valence-corrected chi connectivity index (χ0v) is 15.6. The average molecular weight is 372 g/mol. The second-order valence-corrected chi connectivity index (χ2v) is 5.78. The van der Waals surface area contributed by atoms with Crippen LogP contribution in [0.15, 0.2) is 12.2 Å². The predicted molar refractivity (Wildman–Crippen MR) is 94.4 cm³/mol. The summed E-state index contributed by atoms with van der Waals surface area (Å²) in [5.41, 5.74) is 0. The van der Waals surface area contributed by atoms with Gasteiger partial charge in [-0.25, -0.2) is 19.2 Å². The number of carbonyl (C=O) groups excluding carboxylic acids is 4. The van der Waals surface area contributed by atoms with Gasteiger partial charge < -0.3 is 30.7 Å². The minimum absolute atomic E-state index is 0.00582. The van der Waals surface area contributed by atoms with Crippen LogP contribution in [-0.4, -0.2) is 62.4 Å². The van der Waals surface area contributed by atoms with Crippen LogP contribution in [0.1, 0.15) is 27.7 Å². The average Bonchev–Trinajstić information content (AvgIpc) is 2.52. The monoisotopic (exact) mass is 372 g/mol.